The first kappa shape index (κ1) is 26.5. The van der Waals surface area contributed by atoms with Crippen LogP contribution in [0.15, 0.2) is 36.4 Å². The molecule has 2 aromatic rings. The topological polar surface area (TPSA) is 167 Å². The lowest BCUT2D eigenvalue weighted by Gasteiger charge is -2.07. The van der Waals surface area contributed by atoms with Crippen LogP contribution in [-0.2, 0) is 12.4 Å². The van der Waals surface area contributed by atoms with Crippen molar-refractivity contribution < 1.29 is 56.4 Å². The molecule has 0 fully saturated rings. The summed E-state index contributed by atoms with van der Waals surface area (Å²) in [5.41, 5.74) is -3.28. The number of phenols is 2. The summed E-state index contributed by atoms with van der Waals surface area (Å²) in [6.07, 6.45) is -9.18. The molecule has 30 heavy (non-hydrogen) atoms. The van der Waals surface area contributed by atoms with E-state index >= 15 is 0 Å². The molecule has 0 unspecified atom stereocenters. The highest BCUT2D eigenvalue weighted by atomic mass is 19.4. The molecular formula is C16H14F6N2O6. The second-order valence-corrected chi connectivity index (χ2v) is 5.07. The van der Waals surface area contributed by atoms with Gasteiger partial charge in [0, 0.05) is 0 Å². The van der Waals surface area contributed by atoms with E-state index in [1.165, 1.54) is 0 Å². The number of nitrogens with two attached hydrogens (primary N) is 2. The predicted molar refractivity (Wildman–Crippen MR) is 88.5 cm³/mol. The van der Waals surface area contributed by atoms with Crippen LogP contribution in [0.25, 0.3) is 0 Å². The van der Waals surface area contributed by atoms with Gasteiger partial charge in [-0.25, -0.2) is 9.59 Å². The first-order valence-corrected chi connectivity index (χ1v) is 7.25. The molecule has 0 aliphatic heterocycles. The summed E-state index contributed by atoms with van der Waals surface area (Å²) < 4.78 is 72.3. The van der Waals surface area contributed by atoms with Crippen molar-refractivity contribution in [2.24, 2.45) is 11.7 Å². The number of halogens is 6. The standard InChI is InChI=1S/2C8H5F3O3.H4N2/c2*9-8(10,11)4-1-2-5(7(13)14)6(12)3-4;1-2/h2*1-3,12H,(H,13,14);1-2H2. The minimum Gasteiger partial charge on any atom is -0.507 e. The van der Waals surface area contributed by atoms with Gasteiger partial charge < -0.3 is 20.4 Å². The fraction of sp³-hybridized carbons (Fsp3) is 0.125. The van der Waals surface area contributed by atoms with Gasteiger partial charge in [0.05, 0.1) is 11.1 Å². The predicted octanol–water partition coefficient (Wildman–Crippen LogP) is 3.04. The molecular weight excluding hydrogens is 430 g/mol. The molecule has 0 bridgehead atoms. The second kappa shape index (κ2) is 10.3. The molecule has 8 N–H and O–H groups in total. The van der Waals surface area contributed by atoms with Crippen LogP contribution in [0.2, 0.25) is 0 Å². The third-order valence-corrected chi connectivity index (χ3v) is 3.11. The first-order valence-electron chi connectivity index (χ1n) is 7.25. The minimum atomic E-state index is -4.59. The summed E-state index contributed by atoms with van der Waals surface area (Å²) in [7, 11) is 0. The van der Waals surface area contributed by atoms with Crippen molar-refractivity contribution in [3.8, 4) is 11.5 Å². The highest BCUT2D eigenvalue weighted by Crippen LogP contribution is 2.33. The number of alkyl halides is 6. The number of hydrogen-bond donors (Lipinski definition) is 6. The largest absolute Gasteiger partial charge is 0.507 e. The molecule has 0 aliphatic carbocycles. The van der Waals surface area contributed by atoms with Crippen LogP contribution in [-0.4, -0.2) is 32.4 Å². The van der Waals surface area contributed by atoms with Crippen LogP contribution in [0, 0.1) is 0 Å². The maximum absolute atomic E-state index is 12.0. The van der Waals surface area contributed by atoms with Crippen LogP contribution in [0.5, 0.6) is 11.5 Å². The number of carboxylic acids is 2. The molecule has 8 nitrogen and oxygen atoms in total. The Morgan fingerprint density at radius 3 is 1.10 bits per heavy atom. The fourth-order valence-electron chi connectivity index (χ4n) is 1.78. The van der Waals surface area contributed by atoms with Gasteiger partial charge in [-0.3, -0.25) is 11.7 Å². The van der Waals surface area contributed by atoms with E-state index in [1.807, 2.05) is 0 Å². The molecule has 0 saturated carbocycles. The first-order chi connectivity index (χ1) is 13.6. The Labute approximate surface area is 163 Å². The maximum atomic E-state index is 12.0. The third-order valence-electron chi connectivity index (χ3n) is 3.11. The lowest BCUT2D eigenvalue weighted by Crippen LogP contribution is -2.06. The van der Waals surface area contributed by atoms with Crippen molar-refractivity contribution >= 4 is 11.9 Å². The number of benzene rings is 2. The third kappa shape index (κ3) is 7.48. The minimum absolute atomic E-state index is 0.378. The fourth-order valence-corrected chi connectivity index (χ4v) is 1.78. The highest BCUT2D eigenvalue weighted by Gasteiger charge is 2.32. The average Bonchev–Trinajstić information content (AvgIpc) is 2.61. The van der Waals surface area contributed by atoms with Crippen LogP contribution in [0.1, 0.15) is 31.8 Å². The van der Waals surface area contributed by atoms with Gasteiger partial charge in [-0.15, -0.1) is 0 Å². The summed E-state index contributed by atoms with van der Waals surface area (Å²) in [6, 6.07) is 3.38. The summed E-state index contributed by atoms with van der Waals surface area (Å²) >= 11 is 0. The van der Waals surface area contributed by atoms with Crippen molar-refractivity contribution in [2.75, 3.05) is 0 Å². The molecule has 166 valence electrons. The zero-order chi connectivity index (χ0) is 23.9. The van der Waals surface area contributed by atoms with E-state index in [2.05, 4.69) is 11.7 Å². The zero-order valence-corrected chi connectivity index (χ0v) is 14.5. The number of carbonyl (C=O) groups is 2. The molecule has 2 aromatic carbocycles. The molecule has 2 rings (SSSR count). The quantitative estimate of drug-likeness (QED) is 0.233. The number of aromatic carboxylic acids is 2. The second-order valence-electron chi connectivity index (χ2n) is 5.07. The molecule has 0 aliphatic rings. The van der Waals surface area contributed by atoms with Crippen LogP contribution < -0.4 is 11.7 Å². The van der Waals surface area contributed by atoms with E-state index in [4.69, 9.17) is 20.4 Å². The monoisotopic (exact) mass is 444 g/mol. The van der Waals surface area contributed by atoms with Gasteiger partial charge in [0.25, 0.3) is 0 Å². The number of carboxylic acid groups (broad SMARTS) is 2. The SMILES string of the molecule is NN.O=C(O)c1ccc(C(F)(F)F)cc1O.O=C(O)c1ccc(C(F)(F)F)cc1O. The number of hydrazine groups is 1. The number of aromatic hydroxyl groups is 2. The number of hydrogen-bond acceptors (Lipinski definition) is 6. The zero-order valence-electron chi connectivity index (χ0n) is 14.5. The summed E-state index contributed by atoms with van der Waals surface area (Å²) in [5, 5.41) is 34.7. The van der Waals surface area contributed by atoms with Crippen LogP contribution in [0.3, 0.4) is 0 Å². The molecule has 0 spiro atoms. The normalized spacial score (nSPS) is 10.8. The van der Waals surface area contributed by atoms with Crippen molar-refractivity contribution in [1.82, 2.24) is 0 Å². The van der Waals surface area contributed by atoms with Crippen molar-refractivity contribution in [3.63, 3.8) is 0 Å². The highest BCUT2D eigenvalue weighted by molar-refractivity contribution is 5.91. The molecule has 0 atom stereocenters. The Morgan fingerprint density at radius 2 is 0.933 bits per heavy atom. The van der Waals surface area contributed by atoms with Gasteiger partial charge in [0.2, 0.25) is 0 Å². The summed E-state index contributed by atoms with van der Waals surface area (Å²) in [5.74, 6) is 3.26. The summed E-state index contributed by atoms with van der Waals surface area (Å²) in [6.45, 7) is 0. The van der Waals surface area contributed by atoms with E-state index in [0.29, 0.717) is 36.4 Å². The van der Waals surface area contributed by atoms with Gasteiger partial charge in [-0.1, -0.05) is 0 Å². The van der Waals surface area contributed by atoms with Crippen LogP contribution in [0.4, 0.5) is 26.3 Å². The van der Waals surface area contributed by atoms with Gasteiger partial charge >= 0.3 is 24.3 Å². The molecule has 0 amide bonds. The Balaban J connectivity index is 0.000000518. The molecule has 0 radical (unpaired) electrons. The summed E-state index contributed by atoms with van der Waals surface area (Å²) in [4.78, 5) is 20.7. The van der Waals surface area contributed by atoms with E-state index in [1.54, 1.807) is 0 Å². The van der Waals surface area contributed by atoms with Gasteiger partial charge in [0.15, 0.2) is 0 Å². The van der Waals surface area contributed by atoms with Gasteiger partial charge in [-0.2, -0.15) is 26.3 Å². The smallest absolute Gasteiger partial charge is 0.416 e. The van der Waals surface area contributed by atoms with Crippen molar-refractivity contribution in [1.29, 1.82) is 0 Å². The van der Waals surface area contributed by atoms with Gasteiger partial charge in [-0.05, 0) is 36.4 Å². The van der Waals surface area contributed by atoms with Crippen LogP contribution >= 0.6 is 0 Å². The molecule has 0 heterocycles. The average molecular weight is 444 g/mol. The molecule has 14 heteroatoms. The Bertz CT molecular complexity index is 825. The lowest BCUT2D eigenvalue weighted by atomic mass is 10.1. The van der Waals surface area contributed by atoms with E-state index in [-0.39, 0.29) is 0 Å². The number of rotatable bonds is 2. The van der Waals surface area contributed by atoms with E-state index < -0.39 is 58.0 Å². The van der Waals surface area contributed by atoms with E-state index in [9.17, 15) is 35.9 Å². The maximum Gasteiger partial charge on any atom is 0.416 e. The lowest BCUT2D eigenvalue weighted by molar-refractivity contribution is -0.138. The Hall–Kier alpha value is -3.52. The van der Waals surface area contributed by atoms with Crippen molar-refractivity contribution in [2.45, 2.75) is 12.4 Å². The van der Waals surface area contributed by atoms with Gasteiger partial charge in [0.1, 0.15) is 22.6 Å². The van der Waals surface area contributed by atoms with E-state index in [0.717, 1.165) is 0 Å². The Kier molecular flexibility index (Phi) is 9.10. The van der Waals surface area contributed by atoms with Crippen molar-refractivity contribution in [3.05, 3.63) is 58.7 Å². The molecule has 0 aromatic heterocycles. The molecule has 0 saturated heterocycles. The Morgan fingerprint density at radius 1 is 0.667 bits per heavy atom.